The molecule has 2 aliphatic heterocycles. The molecular weight excluding hydrogens is 400 g/mol. The van der Waals surface area contributed by atoms with Crippen molar-refractivity contribution in [3.8, 4) is 0 Å². The molecule has 2 aromatic rings. The lowest BCUT2D eigenvalue weighted by atomic mass is 10.0. The first kappa shape index (κ1) is 19.0. The molecule has 11 heteroatoms. The van der Waals surface area contributed by atoms with Crippen LogP contribution in [0.4, 0.5) is 0 Å². The zero-order valence-electron chi connectivity index (χ0n) is 15.0. The fourth-order valence-corrected chi connectivity index (χ4v) is 5.25. The molecule has 1 aromatic carbocycles. The predicted molar refractivity (Wildman–Crippen MR) is 104 cm³/mol. The number of ether oxygens (including phenoxy) is 1. The quantitative estimate of drug-likeness (QED) is 0.407. The van der Waals surface area contributed by atoms with Gasteiger partial charge in [0.05, 0.1) is 0 Å². The molecule has 1 aromatic heterocycles. The molecular formula is C17H18N6O3S2. The minimum absolute atomic E-state index is 0.142. The van der Waals surface area contributed by atoms with Crippen LogP contribution in [0.15, 0.2) is 46.8 Å². The number of rotatable bonds is 6. The molecule has 2 aliphatic rings. The number of nitrogens with zero attached hydrogens (tertiary/aromatic N) is 5. The van der Waals surface area contributed by atoms with Crippen LogP contribution in [-0.2, 0) is 28.0 Å². The molecule has 0 bridgehead atoms. The fraction of sp³-hybridized carbons (Fsp3) is 0.353. The minimum Gasteiger partial charge on any atom is -0.456 e. The number of hydrogen-bond acceptors (Lipinski definition) is 9. The van der Waals surface area contributed by atoms with Crippen LogP contribution in [0.3, 0.4) is 0 Å². The number of fused-ring (bicyclic) bond motifs is 1. The Morgan fingerprint density at radius 3 is 2.89 bits per heavy atom. The highest BCUT2D eigenvalue weighted by Crippen LogP contribution is 2.41. The van der Waals surface area contributed by atoms with E-state index in [2.05, 4.69) is 15.5 Å². The zero-order valence-corrected chi connectivity index (χ0v) is 16.7. The summed E-state index contributed by atoms with van der Waals surface area (Å²) in [6.45, 7) is 0.142. The molecule has 0 spiro atoms. The van der Waals surface area contributed by atoms with Crippen molar-refractivity contribution < 1.29 is 14.3 Å². The van der Waals surface area contributed by atoms with Crippen molar-refractivity contribution in [1.29, 1.82) is 0 Å². The topological polar surface area (TPSA) is 116 Å². The third-order valence-corrected chi connectivity index (χ3v) is 6.91. The smallest absolute Gasteiger partial charge is 0.355 e. The van der Waals surface area contributed by atoms with Crippen molar-refractivity contribution in [1.82, 2.24) is 25.1 Å². The minimum atomic E-state index is -0.584. The molecule has 0 aliphatic carbocycles. The number of β-lactam (4-membered cyclic amide) rings is 1. The Kier molecular flexibility index (Phi) is 5.38. The Balaban J connectivity index is 1.54. The molecule has 2 N–H and O–H groups in total. The number of thioether (sulfide) groups is 2. The zero-order chi connectivity index (χ0) is 19.7. The van der Waals surface area contributed by atoms with Crippen LogP contribution in [-0.4, -0.2) is 59.9 Å². The van der Waals surface area contributed by atoms with Crippen LogP contribution in [0.1, 0.15) is 5.56 Å². The Labute approximate surface area is 169 Å². The second-order valence-corrected chi connectivity index (χ2v) is 8.37. The maximum absolute atomic E-state index is 12.9. The highest BCUT2D eigenvalue weighted by molar-refractivity contribution is 8.01. The van der Waals surface area contributed by atoms with Crippen molar-refractivity contribution in [2.45, 2.75) is 23.2 Å². The number of carbonyl (C=O) groups is 2. The molecule has 0 radical (unpaired) electrons. The van der Waals surface area contributed by atoms with E-state index in [4.69, 9.17) is 10.5 Å². The summed E-state index contributed by atoms with van der Waals surface area (Å²) >= 11 is 2.96. The second-order valence-electron chi connectivity index (χ2n) is 6.32. The molecule has 146 valence electrons. The molecule has 1 saturated heterocycles. The van der Waals surface area contributed by atoms with Crippen LogP contribution >= 0.6 is 23.5 Å². The number of nitrogens with two attached hydrogens (primary N) is 1. The maximum Gasteiger partial charge on any atom is 0.355 e. The standard InChI is InChI=1S/C17H18N6O3S2/c1-22-17(19-20-21-22)28-9-11-8-27-15-12(18)14(24)23(15)13(11)16(25)26-7-10-5-3-2-4-6-10/h2-6,12,15H,7-9,18H2,1H3/t12-,15+/m1/s1. The number of carbonyl (C=O) groups excluding carboxylic acids is 2. The number of tetrazole rings is 1. The normalized spacial score (nSPS) is 21.4. The van der Waals surface area contributed by atoms with Gasteiger partial charge in [0.2, 0.25) is 11.1 Å². The molecule has 28 heavy (non-hydrogen) atoms. The van der Waals surface area contributed by atoms with Crippen LogP contribution in [0.2, 0.25) is 0 Å². The van der Waals surface area contributed by atoms with E-state index in [1.54, 1.807) is 23.5 Å². The van der Waals surface area contributed by atoms with Crippen LogP contribution in [0.25, 0.3) is 0 Å². The summed E-state index contributed by atoms with van der Waals surface area (Å²) in [5.74, 6) is 0.298. The number of esters is 1. The van der Waals surface area contributed by atoms with E-state index in [-0.39, 0.29) is 17.9 Å². The van der Waals surface area contributed by atoms with Crippen LogP contribution < -0.4 is 5.73 Å². The lowest BCUT2D eigenvalue weighted by Gasteiger charge is -2.48. The summed E-state index contributed by atoms with van der Waals surface area (Å²) in [4.78, 5) is 26.7. The van der Waals surface area contributed by atoms with Gasteiger partial charge >= 0.3 is 5.97 Å². The summed E-state index contributed by atoms with van der Waals surface area (Å²) < 4.78 is 7.06. The molecule has 1 fully saturated rings. The molecule has 9 nitrogen and oxygen atoms in total. The van der Waals surface area contributed by atoms with E-state index in [1.165, 1.54) is 16.7 Å². The number of aryl methyl sites for hydroxylation is 1. The van der Waals surface area contributed by atoms with Gasteiger partial charge in [0.25, 0.3) is 0 Å². The van der Waals surface area contributed by atoms with E-state index < -0.39 is 12.0 Å². The first-order valence-electron chi connectivity index (χ1n) is 8.54. The van der Waals surface area contributed by atoms with Gasteiger partial charge < -0.3 is 10.5 Å². The fourth-order valence-electron chi connectivity index (χ4n) is 2.97. The summed E-state index contributed by atoms with van der Waals surface area (Å²) in [5, 5.41) is 11.8. The monoisotopic (exact) mass is 418 g/mol. The van der Waals surface area contributed by atoms with Gasteiger partial charge in [-0.15, -0.1) is 16.9 Å². The Morgan fingerprint density at radius 2 is 2.18 bits per heavy atom. The van der Waals surface area contributed by atoms with Crippen LogP contribution in [0.5, 0.6) is 0 Å². The number of amides is 1. The summed E-state index contributed by atoms with van der Waals surface area (Å²) in [6, 6.07) is 8.83. The first-order valence-corrected chi connectivity index (χ1v) is 10.6. The Morgan fingerprint density at radius 1 is 1.39 bits per heavy atom. The highest BCUT2D eigenvalue weighted by atomic mass is 32.2. The maximum atomic E-state index is 12.9. The van der Waals surface area contributed by atoms with Crippen LogP contribution in [0, 0.1) is 0 Å². The predicted octanol–water partition coefficient (Wildman–Crippen LogP) is 0.542. The average Bonchev–Trinajstić information content (AvgIpc) is 3.14. The van der Waals surface area contributed by atoms with Crippen molar-refractivity contribution in [2.24, 2.45) is 12.8 Å². The number of benzene rings is 1. The van der Waals surface area contributed by atoms with E-state index >= 15 is 0 Å². The van der Waals surface area contributed by atoms with Gasteiger partial charge in [-0.25, -0.2) is 9.48 Å². The highest BCUT2D eigenvalue weighted by Gasteiger charge is 2.52. The third-order valence-electron chi connectivity index (χ3n) is 4.45. The number of hydrogen-bond donors (Lipinski definition) is 1. The van der Waals surface area contributed by atoms with E-state index in [9.17, 15) is 9.59 Å². The van der Waals surface area contributed by atoms with Crippen molar-refractivity contribution in [3.63, 3.8) is 0 Å². The second kappa shape index (κ2) is 7.94. The lowest BCUT2D eigenvalue weighted by molar-refractivity contribution is -0.151. The Hall–Kier alpha value is -2.37. The van der Waals surface area contributed by atoms with Gasteiger partial charge in [-0.3, -0.25) is 9.69 Å². The lowest BCUT2D eigenvalue weighted by Crippen LogP contribution is -2.68. The van der Waals surface area contributed by atoms with E-state index in [1.807, 2.05) is 30.3 Å². The largest absolute Gasteiger partial charge is 0.456 e. The van der Waals surface area contributed by atoms with Gasteiger partial charge in [0.15, 0.2) is 0 Å². The van der Waals surface area contributed by atoms with E-state index in [0.717, 1.165) is 11.1 Å². The summed E-state index contributed by atoms with van der Waals surface area (Å²) in [6.07, 6.45) is 0. The third kappa shape index (κ3) is 3.52. The SMILES string of the molecule is Cn1nnnc1SCC1=C(C(=O)OCc2ccccc2)N2C(=O)[C@@H](N)[C@@H]2SC1. The molecule has 0 unspecified atom stereocenters. The van der Waals surface area contributed by atoms with Gasteiger partial charge in [0.1, 0.15) is 23.7 Å². The van der Waals surface area contributed by atoms with Crippen molar-refractivity contribution in [2.75, 3.05) is 11.5 Å². The molecule has 0 saturated carbocycles. The van der Waals surface area contributed by atoms with E-state index in [0.29, 0.717) is 22.4 Å². The van der Waals surface area contributed by atoms with Gasteiger partial charge in [0, 0.05) is 18.6 Å². The van der Waals surface area contributed by atoms with Gasteiger partial charge in [-0.2, -0.15) is 0 Å². The molecule has 4 rings (SSSR count). The van der Waals surface area contributed by atoms with Gasteiger partial charge in [-0.05, 0) is 21.6 Å². The first-order chi connectivity index (χ1) is 13.6. The van der Waals surface area contributed by atoms with Crippen molar-refractivity contribution >= 4 is 35.4 Å². The number of aromatic nitrogens is 4. The summed E-state index contributed by atoms with van der Waals surface area (Å²) in [7, 11) is 1.75. The molecule has 3 heterocycles. The summed E-state index contributed by atoms with van der Waals surface area (Å²) in [5.41, 5.74) is 7.89. The Bertz CT molecular complexity index is 932. The average molecular weight is 419 g/mol. The van der Waals surface area contributed by atoms with Crippen molar-refractivity contribution in [3.05, 3.63) is 47.2 Å². The van der Waals surface area contributed by atoms with Gasteiger partial charge in [-0.1, -0.05) is 42.1 Å². The molecule has 1 amide bonds. The molecule has 2 atom stereocenters.